The third-order valence-corrected chi connectivity index (χ3v) is 4.20. The molecule has 5 nitrogen and oxygen atoms in total. The minimum atomic E-state index is -0.167. The van der Waals surface area contributed by atoms with Crippen molar-refractivity contribution < 1.29 is 14.3 Å². The van der Waals surface area contributed by atoms with Crippen LogP contribution in [0.4, 0.5) is 0 Å². The Morgan fingerprint density at radius 3 is 2.19 bits per heavy atom. The number of rotatable bonds is 8. The van der Waals surface area contributed by atoms with Crippen LogP contribution in [0.25, 0.3) is 0 Å². The van der Waals surface area contributed by atoms with E-state index in [1.165, 1.54) is 0 Å². The van der Waals surface area contributed by atoms with Gasteiger partial charge in [0, 0.05) is 31.3 Å². The van der Waals surface area contributed by atoms with Gasteiger partial charge in [-0.3, -0.25) is 9.59 Å². The zero-order chi connectivity index (χ0) is 18.9. The number of amides is 2. The Hall–Kier alpha value is -2.82. The molecule has 0 saturated heterocycles. The number of carbonyl (C=O) groups excluding carboxylic acids is 2. The summed E-state index contributed by atoms with van der Waals surface area (Å²) in [6, 6.07) is 14.3. The molecule has 2 aromatic carbocycles. The highest BCUT2D eigenvalue weighted by atomic mass is 16.5. The fourth-order valence-electron chi connectivity index (χ4n) is 2.51. The van der Waals surface area contributed by atoms with Crippen LogP contribution in [0.2, 0.25) is 0 Å². The molecule has 2 aromatic rings. The van der Waals surface area contributed by atoms with Crippen molar-refractivity contribution in [2.75, 3.05) is 20.7 Å². The van der Waals surface area contributed by atoms with Crippen molar-refractivity contribution in [2.24, 2.45) is 0 Å². The standard InChI is InChI=1S/C21H26N2O3/c1-4-5-14-23(2)21(25)18-10-8-17(9-11-18)20(24)22-15-16-6-12-19(26-3)13-7-16/h6-13H,4-5,14-15H2,1-3H3,(H,22,24). The normalized spacial score (nSPS) is 10.3. The summed E-state index contributed by atoms with van der Waals surface area (Å²) < 4.78 is 5.11. The summed E-state index contributed by atoms with van der Waals surface area (Å²) in [5.41, 5.74) is 2.12. The topological polar surface area (TPSA) is 58.6 Å². The molecule has 2 rings (SSSR count). The summed E-state index contributed by atoms with van der Waals surface area (Å²) in [5, 5.41) is 2.88. The fraction of sp³-hybridized carbons (Fsp3) is 0.333. The van der Waals surface area contributed by atoms with Crippen molar-refractivity contribution in [3.8, 4) is 5.75 Å². The third kappa shape index (κ3) is 5.34. The SMILES string of the molecule is CCCCN(C)C(=O)c1ccc(C(=O)NCc2ccc(OC)cc2)cc1. The van der Waals surface area contributed by atoms with Crippen LogP contribution in [-0.4, -0.2) is 37.4 Å². The summed E-state index contributed by atoms with van der Waals surface area (Å²) in [6.45, 7) is 3.26. The van der Waals surface area contributed by atoms with E-state index in [2.05, 4.69) is 12.2 Å². The second-order valence-electron chi connectivity index (χ2n) is 6.19. The number of hydrogen-bond acceptors (Lipinski definition) is 3. The van der Waals surface area contributed by atoms with Crippen LogP contribution in [0.1, 0.15) is 46.0 Å². The molecule has 0 fully saturated rings. The Morgan fingerprint density at radius 1 is 1.00 bits per heavy atom. The second-order valence-corrected chi connectivity index (χ2v) is 6.19. The monoisotopic (exact) mass is 354 g/mol. The van der Waals surface area contributed by atoms with Crippen LogP contribution < -0.4 is 10.1 Å². The van der Waals surface area contributed by atoms with E-state index in [-0.39, 0.29) is 11.8 Å². The van der Waals surface area contributed by atoms with Gasteiger partial charge in [-0.2, -0.15) is 0 Å². The molecule has 0 aliphatic rings. The number of unbranched alkanes of at least 4 members (excludes halogenated alkanes) is 1. The average Bonchev–Trinajstić information content (AvgIpc) is 2.70. The Balaban J connectivity index is 1.92. The predicted molar refractivity (Wildman–Crippen MR) is 102 cm³/mol. The number of ether oxygens (including phenoxy) is 1. The first-order valence-corrected chi connectivity index (χ1v) is 8.81. The van der Waals surface area contributed by atoms with Gasteiger partial charge in [-0.1, -0.05) is 25.5 Å². The molecular weight excluding hydrogens is 328 g/mol. The van der Waals surface area contributed by atoms with Crippen LogP contribution in [0.15, 0.2) is 48.5 Å². The van der Waals surface area contributed by atoms with Gasteiger partial charge in [-0.05, 0) is 48.4 Å². The zero-order valence-corrected chi connectivity index (χ0v) is 15.6. The molecule has 0 aromatic heterocycles. The third-order valence-electron chi connectivity index (χ3n) is 4.20. The molecule has 0 heterocycles. The lowest BCUT2D eigenvalue weighted by Crippen LogP contribution is -2.28. The maximum absolute atomic E-state index is 12.3. The van der Waals surface area contributed by atoms with Crippen molar-refractivity contribution in [1.29, 1.82) is 0 Å². The summed E-state index contributed by atoms with van der Waals surface area (Å²) in [7, 11) is 3.42. The van der Waals surface area contributed by atoms with E-state index in [1.807, 2.05) is 24.3 Å². The van der Waals surface area contributed by atoms with Crippen LogP contribution in [0.3, 0.4) is 0 Å². The highest BCUT2D eigenvalue weighted by Gasteiger charge is 2.12. The summed E-state index contributed by atoms with van der Waals surface area (Å²) in [5.74, 6) is 0.590. The molecule has 0 saturated carbocycles. The Kier molecular flexibility index (Phi) is 7.21. The largest absolute Gasteiger partial charge is 0.497 e. The number of nitrogens with one attached hydrogen (secondary N) is 1. The van der Waals surface area contributed by atoms with Crippen LogP contribution in [0, 0.1) is 0 Å². The first kappa shape index (κ1) is 19.5. The van der Waals surface area contributed by atoms with Gasteiger partial charge in [0.15, 0.2) is 0 Å². The van der Waals surface area contributed by atoms with E-state index in [1.54, 1.807) is 43.3 Å². The molecular formula is C21H26N2O3. The fourth-order valence-corrected chi connectivity index (χ4v) is 2.51. The van der Waals surface area contributed by atoms with E-state index in [9.17, 15) is 9.59 Å². The van der Waals surface area contributed by atoms with E-state index in [4.69, 9.17) is 4.74 Å². The number of nitrogens with zero attached hydrogens (tertiary/aromatic N) is 1. The number of methoxy groups -OCH3 is 1. The quantitative estimate of drug-likeness (QED) is 0.789. The molecule has 0 bridgehead atoms. The molecule has 2 amide bonds. The van der Waals surface area contributed by atoms with Crippen molar-refractivity contribution in [3.63, 3.8) is 0 Å². The van der Waals surface area contributed by atoms with Crippen molar-refractivity contribution in [1.82, 2.24) is 10.2 Å². The molecule has 138 valence electrons. The predicted octanol–water partition coefficient (Wildman–Crippen LogP) is 3.50. The first-order valence-electron chi connectivity index (χ1n) is 8.81. The summed E-state index contributed by atoms with van der Waals surface area (Å²) in [4.78, 5) is 26.3. The summed E-state index contributed by atoms with van der Waals surface area (Å²) in [6.07, 6.45) is 2.03. The zero-order valence-electron chi connectivity index (χ0n) is 15.6. The summed E-state index contributed by atoms with van der Waals surface area (Å²) >= 11 is 0. The van der Waals surface area contributed by atoms with Gasteiger partial charge < -0.3 is 15.0 Å². The van der Waals surface area contributed by atoms with Crippen LogP contribution in [-0.2, 0) is 6.54 Å². The Bertz CT molecular complexity index is 724. The van der Waals surface area contributed by atoms with E-state index in [0.29, 0.717) is 17.7 Å². The van der Waals surface area contributed by atoms with Gasteiger partial charge in [0.05, 0.1) is 7.11 Å². The highest BCUT2D eigenvalue weighted by molar-refractivity contribution is 5.97. The molecule has 0 unspecified atom stereocenters. The lowest BCUT2D eigenvalue weighted by molar-refractivity contribution is 0.0792. The minimum absolute atomic E-state index is 0.0244. The molecule has 26 heavy (non-hydrogen) atoms. The van der Waals surface area contributed by atoms with Gasteiger partial charge in [0.2, 0.25) is 0 Å². The molecule has 0 spiro atoms. The minimum Gasteiger partial charge on any atom is -0.497 e. The van der Waals surface area contributed by atoms with Crippen LogP contribution in [0.5, 0.6) is 5.75 Å². The number of hydrogen-bond donors (Lipinski definition) is 1. The van der Waals surface area contributed by atoms with Crippen molar-refractivity contribution >= 4 is 11.8 Å². The van der Waals surface area contributed by atoms with E-state index >= 15 is 0 Å². The Morgan fingerprint density at radius 2 is 1.62 bits per heavy atom. The smallest absolute Gasteiger partial charge is 0.253 e. The number of carbonyl (C=O) groups is 2. The molecule has 0 radical (unpaired) electrons. The average molecular weight is 354 g/mol. The maximum Gasteiger partial charge on any atom is 0.253 e. The number of benzene rings is 2. The molecule has 0 aliphatic carbocycles. The van der Waals surface area contributed by atoms with Gasteiger partial charge in [-0.25, -0.2) is 0 Å². The van der Waals surface area contributed by atoms with E-state index < -0.39 is 0 Å². The maximum atomic E-state index is 12.3. The van der Waals surface area contributed by atoms with Crippen molar-refractivity contribution in [3.05, 3.63) is 65.2 Å². The van der Waals surface area contributed by atoms with Gasteiger partial charge in [0.25, 0.3) is 11.8 Å². The van der Waals surface area contributed by atoms with Crippen LogP contribution >= 0.6 is 0 Å². The lowest BCUT2D eigenvalue weighted by Gasteiger charge is -2.16. The van der Waals surface area contributed by atoms with Gasteiger partial charge in [-0.15, -0.1) is 0 Å². The second kappa shape index (κ2) is 9.61. The van der Waals surface area contributed by atoms with Gasteiger partial charge >= 0.3 is 0 Å². The van der Waals surface area contributed by atoms with Gasteiger partial charge in [0.1, 0.15) is 5.75 Å². The first-order chi connectivity index (χ1) is 12.5. The highest BCUT2D eigenvalue weighted by Crippen LogP contribution is 2.12. The van der Waals surface area contributed by atoms with Crippen molar-refractivity contribution in [2.45, 2.75) is 26.3 Å². The molecule has 0 atom stereocenters. The van der Waals surface area contributed by atoms with E-state index in [0.717, 1.165) is 30.7 Å². The molecule has 5 heteroatoms. The Labute approximate surface area is 155 Å². The molecule has 0 aliphatic heterocycles. The molecule has 1 N–H and O–H groups in total. The lowest BCUT2D eigenvalue weighted by atomic mass is 10.1.